The van der Waals surface area contributed by atoms with Gasteiger partial charge in [0.05, 0.1) is 0 Å². The Hall–Kier alpha value is 0.200. The Bertz CT molecular complexity index is 270. The average Bonchev–Trinajstić information content (AvgIpc) is 1.98. The van der Waals surface area contributed by atoms with Crippen LogP contribution in [0.1, 0.15) is 27.7 Å². The molecule has 16 heavy (non-hydrogen) atoms. The monoisotopic (exact) mass is 289 g/mol. The van der Waals surface area contributed by atoms with Crippen molar-refractivity contribution in [3.63, 3.8) is 0 Å². The van der Waals surface area contributed by atoms with Crippen LogP contribution in [-0.4, -0.2) is 22.8 Å². The Labute approximate surface area is 106 Å². The summed E-state index contributed by atoms with van der Waals surface area (Å²) in [5, 5.41) is 7.82. The van der Waals surface area contributed by atoms with Crippen molar-refractivity contribution in [2.24, 2.45) is 0 Å². The summed E-state index contributed by atoms with van der Waals surface area (Å²) >= 11 is 10.8. The number of carbonyl (C=O) groups is 1. The van der Waals surface area contributed by atoms with Crippen molar-refractivity contribution in [2.45, 2.75) is 44.6 Å². The van der Waals surface area contributed by atoms with E-state index in [-0.39, 0.29) is 12.1 Å². The van der Waals surface area contributed by atoms with E-state index in [0.717, 1.165) is 0 Å². The maximum absolute atomic E-state index is 12.3. The van der Waals surface area contributed by atoms with Crippen LogP contribution in [0.25, 0.3) is 0 Å². The predicted molar refractivity (Wildman–Crippen MR) is 67.8 cm³/mol. The summed E-state index contributed by atoms with van der Waals surface area (Å²) in [5.74, 6) is -0.687. The number of halogens is 2. The second-order valence-corrected chi connectivity index (χ2v) is 7.01. The second-order valence-electron chi connectivity index (χ2n) is 3.95. The smallest absolute Gasteiger partial charge is 0.281 e. The maximum Gasteiger partial charge on any atom is 0.306 e. The van der Waals surface area contributed by atoms with Crippen LogP contribution in [0, 0.1) is 0 Å². The summed E-state index contributed by atoms with van der Waals surface area (Å²) in [6.45, 7) is 7.28. The van der Waals surface area contributed by atoms with Crippen molar-refractivity contribution in [3.05, 3.63) is 0 Å². The van der Waals surface area contributed by atoms with Crippen LogP contribution in [0.2, 0.25) is 0 Å². The molecule has 0 saturated carbocycles. The van der Waals surface area contributed by atoms with Gasteiger partial charge in [0.1, 0.15) is 0 Å². The van der Waals surface area contributed by atoms with Crippen LogP contribution in [0.5, 0.6) is 0 Å². The van der Waals surface area contributed by atoms with Crippen molar-refractivity contribution < 1.29 is 9.36 Å². The number of hydrogen-bond acceptors (Lipinski definition) is 2. The molecule has 96 valence electrons. The highest BCUT2D eigenvalue weighted by molar-refractivity contribution is 7.58. The van der Waals surface area contributed by atoms with Gasteiger partial charge in [0.15, 0.2) is 4.84 Å². The third-order valence-corrected chi connectivity index (χ3v) is 4.04. The molecule has 0 spiro atoms. The van der Waals surface area contributed by atoms with E-state index in [4.69, 9.17) is 23.2 Å². The third-order valence-electron chi connectivity index (χ3n) is 1.35. The van der Waals surface area contributed by atoms with Gasteiger partial charge in [0.2, 0.25) is 0 Å². The van der Waals surface area contributed by atoms with E-state index >= 15 is 0 Å². The Morgan fingerprint density at radius 1 is 1.06 bits per heavy atom. The van der Waals surface area contributed by atoms with E-state index in [1.165, 1.54) is 0 Å². The van der Waals surface area contributed by atoms with Crippen LogP contribution in [0.3, 0.4) is 0 Å². The fraction of sp³-hybridized carbons (Fsp3) is 0.875. The third kappa shape index (κ3) is 6.71. The molecule has 0 fully saturated rings. The predicted octanol–water partition coefficient (Wildman–Crippen LogP) is 2.01. The Balaban J connectivity index is 4.66. The van der Waals surface area contributed by atoms with E-state index in [1.54, 1.807) is 0 Å². The lowest BCUT2D eigenvalue weighted by molar-refractivity contribution is -0.117. The van der Waals surface area contributed by atoms with Crippen molar-refractivity contribution in [1.82, 2.24) is 15.3 Å². The van der Waals surface area contributed by atoms with Crippen LogP contribution in [-0.2, 0) is 9.36 Å². The van der Waals surface area contributed by atoms with Gasteiger partial charge in [-0.25, -0.2) is 10.2 Å². The van der Waals surface area contributed by atoms with E-state index in [2.05, 4.69) is 15.3 Å². The fourth-order valence-electron chi connectivity index (χ4n) is 1.03. The van der Waals surface area contributed by atoms with Crippen molar-refractivity contribution in [3.8, 4) is 0 Å². The largest absolute Gasteiger partial charge is 0.306 e. The molecule has 0 aromatic heterocycles. The first kappa shape index (κ1) is 16.2. The van der Waals surface area contributed by atoms with Gasteiger partial charge in [-0.05, 0) is 27.7 Å². The molecule has 0 radical (unpaired) electrons. The lowest BCUT2D eigenvalue weighted by Crippen LogP contribution is -2.42. The van der Waals surface area contributed by atoms with Gasteiger partial charge in [-0.15, -0.1) is 0 Å². The average molecular weight is 290 g/mol. The summed E-state index contributed by atoms with van der Waals surface area (Å²) in [7, 11) is -3.21. The minimum Gasteiger partial charge on any atom is -0.281 e. The first-order valence-electron chi connectivity index (χ1n) is 4.92. The van der Waals surface area contributed by atoms with Gasteiger partial charge < -0.3 is 0 Å². The van der Waals surface area contributed by atoms with Gasteiger partial charge in [-0.1, -0.05) is 23.2 Å². The van der Waals surface area contributed by atoms with Crippen LogP contribution < -0.4 is 15.3 Å². The van der Waals surface area contributed by atoms with Crippen molar-refractivity contribution in [1.29, 1.82) is 0 Å². The fourth-order valence-corrected chi connectivity index (χ4v) is 3.39. The summed E-state index contributed by atoms with van der Waals surface area (Å²) in [4.78, 5) is 10.1. The van der Waals surface area contributed by atoms with Crippen LogP contribution in [0.15, 0.2) is 0 Å². The number of rotatable bonds is 6. The highest BCUT2D eigenvalue weighted by atomic mass is 35.5. The summed E-state index contributed by atoms with van der Waals surface area (Å²) in [5.41, 5.74) is 0. The molecule has 0 bridgehead atoms. The van der Waals surface area contributed by atoms with Crippen molar-refractivity contribution >= 4 is 36.7 Å². The number of carbonyl (C=O) groups excluding carboxylic acids is 1. The zero-order chi connectivity index (χ0) is 12.9. The lowest BCUT2D eigenvalue weighted by Gasteiger charge is -2.25. The van der Waals surface area contributed by atoms with Crippen LogP contribution in [0.4, 0.5) is 0 Å². The summed E-state index contributed by atoms with van der Waals surface area (Å²) in [6, 6.07) is -0.108. The van der Waals surface area contributed by atoms with Gasteiger partial charge >= 0.3 is 7.59 Å². The minimum atomic E-state index is -3.21. The molecule has 3 N–H and O–H groups in total. The Kier molecular flexibility index (Phi) is 6.90. The molecule has 0 atom stereocenters. The summed E-state index contributed by atoms with van der Waals surface area (Å²) in [6.07, 6.45) is 0. The second kappa shape index (κ2) is 6.82. The molecule has 5 nitrogen and oxygen atoms in total. The molecular formula is C8H18Cl2N3O2P. The minimum absolute atomic E-state index is 0.0542. The van der Waals surface area contributed by atoms with Gasteiger partial charge in [0, 0.05) is 12.1 Å². The first-order valence-corrected chi connectivity index (χ1v) is 7.50. The molecule has 8 heteroatoms. The van der Waals surface area contributed by atoms with Crippen LogP contribution >= 0.6 is 30.8 Å². The zero-order valence-electron chi connectivity index (χ0n) is 9.75. The number of amides is 1. The molecule has 0 aliphatic rings. The SMILES string of the molecule is CC(C)NP(=O)(NC(=O)C(Cl)Cl)NC(C)C. The molecule has 0 aromatic rings. The maximum atomic E-state index is 12.3. The van der Waals surface area contributed by atoms with E-state index in [0.29, 0.717) is 0 Å². The topological polar surface area (TPSA) is 70.2 Å². The normalized spacial score (nSPS) is 12.6. The number of hydrogen-bond donors (Lipinski definition) is 3. The molecular weight excluding hydrogens is 272 g/mol. The highest BCUT2D eigenvalue weighted by Crippen LogP contribution is 2.32. The standard InChI is InChI=1S/C8H18Cl2N3O2P/c1-5(2)11-16(15,12-6(3)4)13-8(14)7(9)10/h5-7H,1-4H3,(H3,11,12,13,14,15). The molecule has 0 aliphatic carbocycles. The highest BCUT2D eigenvalue weighted by Gasteiger charge is 2.28. The lowest BCUT2D eigenvalue weighted by atomic mass is 10.4. The Morgan fingerprint density at radius 3 is 1.69 bits per heavy atom. The van der Waals surface area contributed by atoms with E-state index < -0.39 is 18.3 Å². The van der Waals surface area contributed by atoms with Crippen molar-refractivity contribution in [2.75, 3.05) is 0 Å². The molecule has 0 aliphatic heterocycles. The van der Waals surface area contributed by atoms with E-state index in [1.807, 2.05) is 27.7 Å². The quantitative estimate of drug-likeness (QED) is 0.517. The summed E-state index contributed by atoms with van der Waals surface area (Å²) < 4.78 is 12.3. The number of alkyl halides is 2. The van der Waals surface area contributed by atoms with Gasteiger partial charge in [-0.2, -0.15) is 0 Å². The van der Waals surface area contributed by atoms with Gasteiger partial charge in [0.25, 0.3) is 5.91 Å². The zero-order valence-corrected chi connectivity index (χ0v) is 12.2. The molecule has 0 heterocycles. The molecule has 0 aromatic carbocycles. The molecule has 0 unspecified atom stereocenters. The van der Waals surface area contributed by atoms with E-state index in [9.17, 15) is 9.36 Å². The first-order chi connectivity index (χ1) is 7.16. The molecule has 0 saturated heterocycles. The van der Waals surface area contributed by atoms with Gasteiger partial charge in [-0.3, -0.25) is 14.4 Å². The number of nitrogens with one attached hydrogen (secondary N) is 3. The Morgan fingerprint density at radius 2 is 1.44 bits per heavy atom. The molecule has 0 rings (SSSR count). The molecule has 1 amide bonds.